The molecule has 0 aliphatic heterocycles. The van der Waals surface area contributed by atoms with Gasteiger partial charge in [0.15, 0.2) is 5.16 Å². The van der Waals surface area contributed by atoms with Gasteiger partial charge in [0.1, 0.15) is 15.5 Å². The van der Waals surface area contributed by atoms with Crippen LogP contribution in [0.3, 0.4) is 0 Å². The zero-order valence-electron chi connectivity index (χ0n) is 16.0. The molecule has 11 heteroatoms. The smallest absolute Gasteiger partial charge is 0.348 e. The lowest BCUT2D eigenvalue weighted by Crippen LogP contribution is -2.15. The predicted molar refractivity (Wildman–Crippen MR) is 113 cm³/mol. The molecule has 0 saturated carbocycles. The summed E-state index contributed by atoms with van der Waals surface area (Å²) in [4.78, 5) is 52.1. The van der Waals surface area contributed by atoms with Crippen molar-refractivity contribution >= 4 is 56.3 Å². The van der Waals surface area contributed by atoms with E-state index in [1.54, 1.807) is 0 Å². The van der Waals surface area contributed by atoms with Crippen molar-refractivity contribution in [3.8, 4) is 0 Å². The van der Waals surface area contributed by atoms with Gasteiger partial charge in [-0.3, -0.25) is 9.59 Å². The van der Waals surface area contributed by atoms with Crippen LogP contribution in [0.5, 0.6) is 0 Å². The first kappa shape index (κ1) is 20.1. The van der Waals surface area contributed by atoms with Gasteiger partial charge in [-0.1, -0.05) is 23.9 Å². The maximum absolute atomic E-state index is 12.7. The molecule has 154 valence electrons. The lowest BCUT2D eigenvalue weighted by atomic mass is 10.1. The third-order valence-corrected chi connectivity index (χ3v) is 6.33. The van der Waals surface area contributed by atoms with Crippen molar-refractivity contribution < 1.29 is 19.1 Å². The molecule has 1 aromatic carbocycles. The van der Waals surface area contributed by atoms with E-state index in [2.05, 4.69) is 24.7 Å². The zero-order valence-corrected chi connectivity index (χ0v) is 17.6. The molecule has 3 heterocycles. The molecule has 0 fully saturated rings. The summed E-state index contributed by atoms with van der Waals surface area (Å²) in [7, 11) is 2.48. The van der Waals surface area contributed by atoms with Crippen LogP contribution in [0.2, 0.25) is 0 Å². The average molecular weight is 444 g/mol. The first-order chi connectivity index (χ1) is 14.5. The Morgan fingerprint density at radius 1 is 1.13 bits per heavy atom. The maximum Gasteiger partial charge on any atom is 0.348 e. The molecule has 4 aromatic rings. The van der Waals surface area contributed by atoms with E-state index >= 15 is 0 Å². The molecule has 0 unspecified atom stereocenters. The Morgan fingerprint density at radius 3 is 2.67 bits per heavy atom. The SMILES string of the molecule is COC(=O)Cc1c(C(=O)OC)sc2nc(CSc3nc4ccccc4[nH]3)[nH]c(=O)c12. The first-order valence-corrected chi connectivity index (χ1v) is 10.6. The normalized spacial score (nSPS) is 11.1. The van der Waals surface area contributed by atoms with Gasteiger partial charge in [0.2, 0.25) is 0 Å². The third-order valence-electron chi connectivity index (χ3n) is 4.34. The quantitative estimate of drug-likeness (QED) is 0.343. The number of benzene rings is 1. The fourth-order valence-corrected chi connectivity index (χ4v) is 4.84. The number of nitrogens with zero attached hydrogens (tertiary/aromatic N) is 2. The van der Waals surface area contributed by atoms with E-state index < -0.39 is 17.5 Å². The van der Waals surface area contributed by atoms with Gasteiger partial charge in [-0.05, 0) is 12.1 Å². The van der Waals surface area contributed by atoms with E-state index in [4.69, 9.17) is 4.74 Å². The number of aromatic amines is 2. The summed E-state index contributed by atoms with van der Waals surface area (Å²) in [6.07, 6.45) is -0.223. The average Bonchev–Trinajstić information content (AvgIpc) is 3.33. The van der Waals surface area contributed by atoms with Crippen molar-refractivity contribution in [3.05, 3.63) is 50.9 Å². The van der Waals surface area contributed by atoms with E-state index in [0.29, 0.717) is 21.6 Å². The minimum Gasteiger partial charge on any atom is -0.469 e. The van der Waals surface area contributed by atoms with Gasteiger partial charge < -0.3 is 19.4 Å². The Balaban J connectivity index is 1.67. The Morgan fingerprint density at radius 2 is 1.93 bits per heavy atom. The minimum atomic E-state index is -0.630. The second-order valence-corrected chi connectivity index (χ2v) is 8.16. The maximum atomic E-state index is 12.7. The summed E-state index contributed by atoms with van der Waals surface area (Å²) in [6, 6.07) is 7.67. The molecular weight excluding hydrogens is 428 g/mol. The Hall–Kier alpha value is -3.18. The van der Waals surface area contributed by atoms with Gasteiger partial charge in [0.25, 0.3) is 5.56 Å². The number of nitrogens with one attached hydrogen (secondary N) is 2. The monoisotopic (exact) mass is 444 g/mol. The Labute approximate surface area is 177 Å². The number of ether oxygens (including phenoxy) is 2. The molecule has 0 spiro atoms. The van der Waals surface area contributed by atoms with Gasteiger partial charge in [0.05, 0.1) is 42.8 Å². The molecule has 30 heavy (non-hydrogen) atoms. The van der Waals surface area contributed by atoms with Crippen molar-refractivity contribution in [1.29, 1.82) is 0 Å². The molecular formula is C19H16N4O5S2. The van der Waals surface area contributed by atoms with E-state index in [1.807, 2.05) is 24.3 Å². The number of esters is 2. The number of thioether (sulfide) groups is 1. The fourth-order valence-electron chi connectivity index (χ4n) is 2.95. The van der Waals surface area contributed by atoms with Crippen LogP contribution in [0, 0.1) is 0 Å². The standard InChI is InChI=1S/C19H16N4O5S2/c1-27-13(24)7-9-14-16(25)22-12(23-17(14)30-15(9)18(26)28-2)8-29-19-20-10-5-3-4-6-11(10)21-19/h3-6H,7-8H2,1-2H3,(H,20,21)(H,22,23,25). The van der Waals surface area contributed by atoms with Gasteiger partial charge in [-0.15, -0.1) is 11.3 Å². The molecule has 0 bridgehead atoms. The number of hydrogen-bond donors (Lipinski definition) is 2. The molecule has 2 N–H and O–H groups in total. The highest BCUT2D eigenvalue weighted by Crippen LogP contribution is 2.30. The number of rotatable bonds is 6. The highest BCUT2D eigenvalue weighted by molar-refractivity contribution is 7.98. The van der Waals surface area contributed by atoms with Crippen LogP contribution in [-0.2, 0) is 26.4 Å². The lowest BCUT2D eigenvalue weighted by Gasteiger charge is -2.02. The van der Waals surface area contributed by atoms with Crippen molar-refractivity contribution in [2.75, 3.05) is 14.2 Å². The summed E-state index contributed by atoms with van der Waals surface area (Å²) in [5.74, 6) is -0.401. The number of fused-ring (bicyclic) bond motifs is 2. The summed E-state index contributed by atoms with van der Waals surface area (Å²) in [6.45, 7) is 0. The second-order valence-electron chi connectivity index (χ2n) is 6.19. The molecule has 9 nitrogen and oxygen atoms in total. The van der Waals surface area contributed by atoms with Crippen LogP contribution in [0.15, 0.2) is 34.2 Å². The number of methoxy groups -OCH3 is 2. The van der Waals surface area contributed by atoms with Crippen LogP contribution in [-0.4, -0.2) is 46.1 Å². The van der Waals surface area contributed by atoms with Crippen LogP contribution in [0.4, 0.5) is 0 Å². The third kappa shape index (κ3) is 3.81. The largest absolute Gasteiger partial charge is 0.469 e. The zero-order chi connectivity index (χ0) is 21.3. The van der Waals surface area contributed by atoms with E-state index in [9.17, 15) is 14.4 Å². The highest BCUT2D eigenvalue weighted by Gasteiger charge is 2.24. The van der Waals surface area contributed by atoms with Crippen molar-refractivity contribution in [3.63, 3.8) is 0 Å². The molecule has 0 aliphatic rings. The summed E-state index contributed by atoms with van der Waals surface area (Å²) < 4.78 is 9.47. The van der Waals surface area contributed by atoms with Crippen LogP contribution < -0.4 is 5.56 Å². The Bertz CT molecular complexity index is 1290. The van der Waals surface area contributed by atoms with E-state index in [-0.39, 0.29) is 22.2 Å². The molecule has 4 rings (SSSR count). The fraction of sp³-hybridized carbons (Fsp3) is 0.211. The number of thiophene rings is 1. The molecule has 0 atom stereocenters. The topological polar surface area (TPSA) is 127 Å². The molecule has 0 radical (unpaired) electrons. The van der Waals surface area contributed by atoms with Crippen LogP contribution in [0.25, 0.3) is 21.3 Å². The minimum absolute atomic E-state index is 0.165. The lowest BCUT2D eigenvalue weighted by molar-refractivity contribution is -0.139. The molecule has 0 amide bonds. The Kier molecular flexibility index (Phi) is 5.55. The van der Waals surface area contributed by atoms with Crippen molar-refractivity contribution in [2.24, 2.45) is 0 Å². The predicted octanol–water partition coefficient (Wildman–Crippen LogP) is 2.66. The number of H-pyrrole nitrogens is 2. The second kappa shape index (κ2) is 8.28. The molecule has 0 saturated heterocycles. The first-order valence-electron chi connectivity index (χ1n) is 8.77. The van der Waals surface area contributed by atoms with Gasteiger partial charge in [0, 0.05) is 5.56 Å². The van der Waals surface area contributed by atoms with E-state index in [1.165, 1.54) is 26.0 Å². The molecule has 3 aromatic heterocycles. The number of imidazole rings is 1. The molecule has 0 aliphatic carbocycles. The van der Waals surface area contributed by atoms with E-state index in [0.717, 1.165) is 22.4 Å². The number of para-hydroxylation sites is 2. The van der Waals surface area contributed by atoms with Gasteiger partial charge in [-0.25, -0.2) is 14.8 Å². The number of carbonyl (C=O) groups is 2. The summed E-state index contributed by atoms with van der Waals surface area (Å²) >= 11 is 2.41. The van der Waals surface area contributed by atoms with Crippen LogP contribution in [0.1, 0.15) is 21.1 Å². The van der Waals surface area contributed by atoms with Gasteiger partial charge in [-0.2, -0.15) is 0 Å². The number of aromatic nitrogens is 4. The number of hydrogen-bond acceptors (Lipinski definition) is 9. The van der Waals surface area contributed by atoms with Crippen molar-refractivity contribution in [1.82, 2.24) is 19.9 Å². The van der Waals surface area contributed by atoms with Gasteiger partial charge >= 0.3 is 11.9 Å². The van der Waals surface area contributed by atoms with Crippen LogP contribution >= 0.6 is 23.1 Å². The summed E-state index contributed by atoms with van der Waals surface area (Å²) in [5, 5.41) is 0.898. The number of carbonyl (C=O) groups excluding carboxylic acids is 2. The highest BCUT2D eigenvalue weighted by atomic mass is 32.2. The summed E-state index contributed by atoms with van der Waals surface area (Å²) in [5.41, 5.74) is 1.61. The van der Waals surface area contributed by atoms with Crippen molar-refractivity contribution in [2.45, 2.75) is 17.3 Å².